The number of rotatable bonds is 4. The molecular formula is C13H15NO2. The second kappa shape index (κ2) is 4.75. The average Bonchev–Trinajstić information content (AvgIpc) is 2.74. The lowest BCUT2D eigenvalue weighted by atomic mass is 10.2. The first-order valence-electron chi connectivity index (χ1n) is 5.32. The Labute approximate surface area is 94.7 Å². The molecule has 0 amide bonds. The zero-order chi connectivity index (χ0) is 11.4. The molecule has 84 valence electrons. The van der Waals surface area contributed by atoms with Crippen LogP contribution in [-0.4, -0.2) is 11.1 Å². The van der Waals surface area contributed by atoms with Crippen LogP contribution in [-0.2, 0) is 6.42 Å². The molecule has 3 nitrogen and oxygen atoms in total. The van der Waals surface area contributed by atoms with Crippen LogP contribution in [0.15, 0.2) is 47.1 Å². The summed E-state index contributed by atoms with van der Waals surface area (Å²) in [5.41, 5.74) is 0.997. The molecule has 0 fully saturated rings. The first-order chi connectivity index (χ1) is 7.74. The minimum absolute atomic E-state index is 0.282. The third-order valence-corrected chi connectivity index (χ3v) is 2.37. The molecule has 1 aromatic heterocycles. The fraction of sp³-hybridized carbons (Fsp3) is 0.231. The summed E-state index contributed by atoms with van der Waals surface area (Å²) in [6, 6.07) is 11.2. The zero-order valence-electron chi connectivity index (χ0n) is 9.18. The molecule has 16 heavy (non-hydrogen) atoms. The van der Waals surface area contributed by atoms with Crippen LogP contribution in [0.3, 0.4) is 0 Å². The summed E-state index contributed by atoms with van der Waals surface area (Å²) in [5.74, 6) is 1.25. The van der Waals surface area contributed by atoms with Gasteiger partial charge in [0.25, 0.3) is 0 Å². The molecule has 2 rings (SSSR count). The van der Waals surface area contributed by atoms with E-state index in [1.807, 2.05) is 24.3 Å². The Bertz CT molecular complexity index is 420. The zero-order valence-corrected chi connectivity index (χ0v) is 9.18. The van der Waals surface area contributed by atoms with E-state index >= 15 is 0 Å². The van der Waals surface area contributed by atoms with Crippen LogP contribution in [0.5, 0.6) is 5.75 Å². The van der Waals surface area contributed by atoms with E-state index in [0.29, 0.717) is 0 Å². The molecule has 1 atom stereocenters. The van der Waals surface area contributed by atoms with Crippen molar-refractivity contribution < 1.29 is 9.52 Å². The van der Waals surface area contributed by atoms with Crippen LogP contribution in [0.25, 0.3) is 0 Å². The number of furan rings is 1. The summed E-state index contributed by atoms with van der Waals surface area (Å²) in [4.78, 5) is 0. The van der Waals surface area contributed by atoms with Gasteiger partial charge in [-0.25, -0.2) is 0 Å². The first-order valence-corrected chi connectivity index (χ1v) is 5.32. The number of phenols is 1. The summed E-state index contributed by atoms with van der Waals surface area (Å²) >= 11 is 0. The van der Waals surface area contributed by atoms with E-state index in [1.54, 1.807) is 18.4 Å². The highest BCUT2D eigenvalue weighted by atomic mass is 16.3. The smallest absolute Gasteiger partial charge is 0.115 e. The van der Waals surface area contributed by atoms with Gasteiger partial charge in [-0.2, -0.15) is 0 Å². The third kappa shape index (κ3) is 2.79. The molecule has 0 spiro atoms. The second-order valence-corrected chi connectivity index (χ2v) is 3.88. The molecule has 2 N–H and O–H groups in total. The number of phenolic OH excluding ortho intramolecular Hbond substituents is 1. The van der Waals surface area contributed by atoms with Crippen LogP contribution < -0.4 is 5.32 Å². The standard InChI is InChI=1S/C13H15NO2/c1-10(9-13-3-2-8-16-13)14-11-4-6-12(15)7-5-11/h2-8,10,14-15H,9H2,1H3. The normalized spacial score (nSPS) is 12.3. The van der Waals surface area contributed by atoms with E-state index in [0.717, 1.165) is 17.9 Å². The maximum atomic E-state index is 9.16. The largest absolute Gasteiger partial charge is 0.508 e. The predicted octanol–water partition coefficient (Wildman–Crippen LogP) is 3.03. The molecule has 0 saturated heterocycles. The molecule has 0 aliphatic rings. The van der Waals surface area contributed by atoms with Gasteiger partial charge in [0.15, 0.2) is 0 Å². The lowest BCUT2D eigenvalue weighted by Gasteiger charge is -2.13. The molecule has 0 radical (unpaired) electrons. The maximum absolute atomic E-state index is 9.16. The van der Waals surface area contributed by atoms with E-state index in [2.05, 4.69) is 12.2 Å². The lowest BCUT2D eigenvalue weighted by molar-refractivity contribution is 0.475. The molecule has 1 heterocycles. The minimum Gasteiger partial charge on any atom is -0.508 e. The van der Waals surface area contributed by atoms with Gasteiger partial charge in [0.05, 0.1) is 6.26 Å². The van der Waals surface area contributed by atoms with Gasteiger partial charge < -0.3 is 14.8 Å². The fourth-order valence-corrected chi connectivity index (χ4v) is 1.62. The van der Waals surface area contributed by atoms with Gasteiger partial charge in [-0.3, -0.25) is 0 Å². The van der Waals surface area contributed by atoms with Crippen LogP contribution in [0.2, 0.25) is 0 Å². The number of aromatic hydroxyl groups is 1. The summed E-state index contributed by atoms with van der Waals surface area (Å²) < 4.78 is 5.28. The Morgan fingerprint density at radius 1 is 1.25 bits per heavy atom. The fourth-order valence-electron chi connectivity index (χ4n) is 1.62. The highest BCUT2D eigenvalue weighted by Gasteiger charge is 2.05. The van der Waals surface area contributed by atoms with E-state index < -0.39 is 0 Å². The first kappa shape index (κ1) is 10.6. The molecule has 1 aromatic carbocycles. The molecule has 1 unspecified atom stereocenters. The summed E-state index contributed by atoms with van der Waals surface area (Å²) in [6.07, 6.45) is 2.52. The number of hydrogen-bond donors (Lipinski definition) is 2. The Hall–Kier alpha value is -1.90. The summed E-state index contributed by atoms with van der Waals surface area (Å²) in [5, 5.41) is 12.5. The summed E-state index contributed by atoms with van der Waals surface area (Å²) in [7, 11) is 0. The molecule has 0 aliphatic heterocycles. The van der Waals surface area contributed by atoms with Crippen LogP contribution in [0.4, 0.5) is 5.69 Å². The molecule has 0 aliphatic carbocycles. The second-order valence-electron chi connectivity index (χ2n) is 3.88. The van der Waals surface area contributed by atoms with E-state index in [4.69, 9.17) is 9.52 Å². The van der Waals surface area contributed by atoms with Gasteiger partial charge in [-0.1, -0.05) is 0 Å². The van der Waals surface area contributed by atoms with Crippen molar-refractivity contribution in [1.82, 2.24) is 0 Å². The molecule has 3 heteroatoms. The summed E-state index contributed by atoms with van der Waals surface area (Å²) in [6.45, 7) is 2.09. The third-order valence-electron chi connectivity index (χ3n) is 2.37. The van der Waals surface area contributed by atoms with Crippen molar-refractivity contribution in [3.8, 4) is 5.75 Å². The quantitative estimate of drug-likeness (QED) is 0.774. The van der Waals surface area contributed by atoms with E-state index in [1.165, 1.54) is 0 Å². The highest BCUT2D eigenvalue weighted by Crippen LogP contribution is 2.15. The minimum atomic E-state index is 0.282. The molecule has 2 aromatic rings. The van der Waals surface area contributed by atoms with Crippen LogP contribution in [0, 0.1) is 0 Å². The van der Waals surface area contributed by atoms with Gasteiger partial charge in [-0.15, -0.1) is 0 Å². The van der Waals surface area contributed by atoms with Gasteiger partial charge in [0.1, 0.15) is 11.5 Å². The van der Waals surface area contributed by atoms with E-state index in [9.17, 15) is 0 Å². The SMILES string of the molecule is CC(Cc1ccco1)Nc1ccc(O)cc1. The number of nitrogens with one attached hydrogen (secondary N) is 1. The van der Waals surface area contributed by atoms with Gasteiger partial charge >= 0.3 is 0 Å². The monoisotopic (exact) mass is 217 g/mol. The average molecular weight is 217 g/mol. The Morgan fingerprint density at radius 2 is 2.00 bits per heavy atom. The number of hydrogen-bond acceptors (Lipinski definition) is 3. The van der Waals surface area contributed by atoms with Crippen molar-refractivity contribution in [2.75, 3.05) is 5.32 Å². The predicted molar refractivity (Wildman–Crippen MR) is 63.6 cm³/mol. The maximum Gasteiger partial charge on any atom is 0.115 e. The van der Waals surface area contributed by atoms with Crippen molar-refractivity contribution in [2.45, 2.75) is 19.4 Å². The van der Waals surface area contributed by atoms with Gasteiger partial charge in [-0.05, 0) is 43.3 Å². The lowest BCUT2D eigenvalue weighted by Crippen LogP contribution is -2.17. The van der Waals surface area contributed by atoms with Crippen molar-refractivity contribution >= 4 is 5.69 Å². The van der Waals surface area contributed by atoms with E-state index in [-0.39, 0.29) is 11.8 Å². The van der Waals surface area contributed by atoms with Crippen LogP contribution in [0.1, 0.15) is 12.7 Å². The van der Waals surface area contributed by atoms with Crippen molar-refractivity contribution in [1.29, 1.82) is 0 Å². The molecule has 0 bridgehead atoms. The van der Waals surface area contributed by atoms with Gasteiger partial charge in [0, 0.05) is 18.2 Å². The van der Waals surface area contributed by atoms with Crippen molar-refractivity contribution in [2.24, 2.45) is 0 Å². The number of benzene rings is 1. The number of anilines is 1. The highest BCUT2D eigenvalue weighted by molar-refractivity contribution is 5.46. The Morgan fingerprint density at radius 3 is 2.62 bits per heavy atom. The van der Waals surface area contributed by atoms with Crippen molar-refractivity contribution in [3.63, 3.8) is 0 Å². The topological polar surface area (TPSA) is 45.4 Å². The van der Waals surface area contributed by atoms with Crippen molar-refractivity contribution in [3.05, 3.63) is 48.4 Å². The molecule has 0 saturated carbocycles. The van der Waals surface area contributed by atoms with Crippen LogP contribution >= 0.6 is 0 Å². The Kier molecular flexibility index (Phi) is 3.15. The molecular weight excluding hydrogens is 202 g/mol. The Balaban J connectivity index is 1.92. The van der Waals surface area contributed by atoms with Gasteiger partial charge in [0.2, 0.25) is 0 Å².